The number of hydrogen-bond donors (Lipinski definition) is 1. The van der Waals surface area contributed by atoms with Crippen LogP contribution in [0.25, 0.3) is 6.08 Å². The Morgan fingerprint density at radius 1 is 0.973 bits per heavy atom. The van der Waals surface area contributed by atoms with E-state index in [0.29, 0.717) is 35.8 Å². The fourth-order valence-corrected chi connectivity index (χ4v) is 5.15. The number of rotatable bonds is 7. The Bertz CT molecular complexity index is 1390. The molecule has 1 heterocycles. The van der Waals surface area contributed by atoms with Crippen LogP contribution in [0.2, 0.25) is 0 Å². The van der Waals surface area contributed by atoms with Crippen LogP contribution in [0, 0.1) is 17.4 Å². The summed E-state index contributed by atoms with van der Waals surface area (Å²) in [4.78, 5) is 39.4. The van der Waals surface area contributed by atoms with Gasteiger partial charge < -0.3 is 9.47 Å². The zero-order valence-electron chi connectivity index (χ0n) is 21.1. The Morgan fingerprint density at radius 3 is 2.27 bits per heavy atom. The number of nitrogens with one attached hydrogen (secondary N) is 1. The quantitative estimate of drug-likeness (QED) is 0.215. The van der Waals surface area contributed by atoms with Crippen molar-refractivity contribution < 1.29 is 23.9 Å². The second-order valence-electron chi connectivity index (χ2n) is 8.74. The Balaban J connectivity index is 1.71. The van der Waals surface area contributed by atoms with Crippen LogP contribution >= 0.6 is 22.6 Å². The summed E-state index contributed by atoms with van der Waals surface area (Å²) < 4.78 is 12.1. The third-order valence-corrected chi connectivity index (χ3v) is 6.84. The number of amides is 4. The van der Waals surface area contributed by atoms with E-state index in [1.54, 1.807) is 24.3 Å². The number of carbonyl (C=O) groups is 3. The van der Waals surface area contributed by atoms with Crippen LogP contribution in [0.5, 0.6) is 11.5 Å². The number of hydrogen-bond acceptors (Lipinski definition) is 5. The monoisotopic (exact) mass is 610 g/mol. The van der Waals surface area contributed by atoms with Gasteiger partial charge in [0.15, 0.2) is 0 Å². The van der Waals surface area contributed by atoms with E-state index in [4.69, 9.17) is 9.47 Å². The second-order valence-corrected chi connectivity index (χ2v) is 9.90. The standard InChI is InChI=1S/C29H27IN2O5/c1-5-37-26-16-20(15-25(30)23(26)13-19-11-17(2)10-18(3)12-19)14-24-27(33)31-29(35)32(28(24)34)21-6-8-22(36-4)9-7-21/h6-12,14-16H,5,13H2,1-4H3,(H,31,33,35)/b24-14+. The number of carbonyl (C=O) groups excluding carboxylic acids is 3. The maximum absolute atomic E-state index is 13.3. The van der Waals surface area contributed by atoms with Crippen molar-refractivity contribution in [2.24, 2.45) is 0 Å². The lowest BCUT2D eigenvalue weighted by Gasteiger charge is -2.26. The lowest BCUT2D eigenvalue weighted by molar-refractivity contribution is -0.122. The molecule has 1 N–H and O–H groups in total. The summed E-state index contributed by atoms with van der Waals surface area (Å²) in [5, 5.41) is 2.26. The molecule has 1 fully saturated rings. The first kappa shape index (κ1) is 26.4. The number of imide groups is 2. The molecule has 37 heavy (non-hydrogen) atoms. The van der Waals surface area contributed by atoms with Gasteiger partial charge in [-0.1, -0.05) is 29.3 Å². The zero-order valence-corrected chi connectivity index (χ0v) is 23.2. The van der Waals surface area contributed by atoms with Gasteiger partial charge >= 0.3 is 6.03 Å². The molecule has 4 rings (SSSR count). The van der Waals surface area contributed by atoms with Crippen molar-refractivity contribution in [3.8, 4) is 11.5 Å². The van der Waals surface area contributed by atoms with Crippen molar-refractivity contribution in [2.45, 2.75) is 27.2 Å². The summed E-state index contributed by atoms with van der Waals surface area (Å²) in [5.41, 5.74) is 5.41. The van der Waals surface area contributed by atoms with E-state index in [1.807, 2.05) is 19.1 Å². The van der Waals surface area contributed by atoms with Gasteiger partial charge in [-0.05, 0) is 97.0 Å². The molecule has 0 aliphatic carbocycles. The largest absolute Gasteiger partial charge is 0.497 e. The molecule has 190 valence electrons. The van der Waals surface area contributed by atoms with E-state index < -0.39 is 17.8 Å². The molecule has 0 saturated carbocycles. The number of methoxy groups -OCH3 is 1. The van der Waals surface area contributed by atoms with Crippen molar-refractivity contribution >= 4 is 52.2 Å². The first-order valence-electron chi connectivity index (χ1n) is 11.8. The lowest BCUT2D eigenvalue weighted by atomic mass is 9.98. The van der Waals surface area contributed by atoms with E-state index in [9.17, 15) is 14.4 Å². The Hall–Kier alpha value is -3.66. The van der Waals surface area contributed by atoms with Crippen molar-refractivity contribution in [2.75, 3.05) is 18.6 Å². The zero-order chi connectivity index (χ0) is 26.7. The van der Waals surface area contributed by atoms with Crippen LogP contribution in [0.3, 0.4) is 0 Å². The lowest BCUT2D eigenvalue weighted by Crippen LogP contribution is -2.54. The topological polar surface area (TPSA) is 84.9 Å². The van der Waals surface area contributed by atoms with Gasteiger partial charge in [-0.3, -0.25) is 14.9 Å². The van der Waals surface area contributed by atoms with Gasteiger partial charge in [0.2, 0.25) is 0 Å². The first-order chi connectivity index (χ1) is 17.7. The van der Waals surface area contributed by atoms with E-state index >= 15 is 0 Å². The van der Waals surface area contributed by atoms with Gasteiger partial charge in [0.1, 0.15) is 17.1 Å². The van der Waals surface area contributed by atoms with Crippen LogP contribution in [-0.4, -0.2) is 31.6 Å². The van der Waals surface area contributed by atoms with Crippen LogP contribution < -0.4 is 19.7 Å². The fraction of sp³-hybridized carbons (Fsp3) is 0.207. The molecule has 8 heteroatoms. The number of urea groups is 1. The highest BCUT2D eigenvalue weighted by Crippen LogP contribution is 2.31. The smallest absolute Gasteiger partial charge is 0.335 e. The Labute approximate surface area is 229 Å². The highest BCUT2D eigenvalue weighted by Gasteiger charge is 2.36. The molecule has 0 aromatic heterocycles. The van der Waals surface area contributed by atoms with Crippen LogP contribution in [0.15, 0.2) is 60.2 Å². The number of anilines is 1. The molecule has 4 amide bonds. The van der Waals surface area contributed by atoms with Crippen LogP contribution in [-0.2, 0) is 16.0 Å². The molecule has 0 bridgehead atoms. The fourth-order valence-electron chi connectivity index (χ4n) is 4.34. The molecule has 0 unspecified atom stereocenters. The van der Waals surface area contributed by atoms with Crippen molar-refractivity contribution in [3.05, 3.63) is 91.6 Å². The van der Waals surface area contributed by atoms with E-state index in [0.717, 1.165) is 14.0 Å². The molecule has 3 aromatic rings. The number of ether oxygens (including phenoxy) is 2. The molecule has 1 aliphatic heterocycles. The summed E-state index contributed by atoms with van der Waals surface area (Å²) >= 11 is 2.25. The third-order valence-electron chi connectivity index (χ3n) is 5.88. The minimum atomic E-state index is -0.800. The number of halogens is 1. The van der Waals surface area contributed by atoms with E-state index in [1.165, 1.54) is 29.9 Å². The second kappa shape index (κ2) is 11.2. The first-order valence-corrected chi connectivity index (χ1v) is 12.9. The van der Waals surface area contributed by atoms with E-state index in [-0.39, 0.29) is 5.57 Å². The summed E-state index contributed by atoms with van der Waals surface area (Å²) in [5.74, 6) is -0.176. The minimum absolute atomic E-state index is 0.143. The van der Waals surface area contributed by atoms with Gasteiger partial charge in [0.25, 0.3) is 11.8 Å². The number of aryl methyl sites for hydroxylation is 2. The highest BCUT2D eigenvalue weighted by molar-refractivity contribution is 14.1. The van der Waals surface area contributed by atoms with Crippen molar-refractivity contribution in [1.82, 2.24) is 5.32 Å². The predicted molar refractivity (Wildman–Crippen MR) is 151 cm³/mol. The molecule has 3 aromatic carbocycles. The minimum Gasteiger partial charge on any atom is -0.497 e. The summed E-state index contributed by atoms with van der Waals surface area (Å²) in [6.45, 7) is 6.53. The van der Waals surface area contributed by atoms with Gasteiger partial charge in [-0.15, -0.1) is 0 Å². The van der Waals surface area contributed by atoms with Crippen LogP contribution in [0.1, 0.15) is 34.7 Å². The Kier molecular flexibility index (Phi) is 7.97. The molecule has 1 aliphatic rings. The molecular formula is C29H27IN2O5. The Morgan fingerprint density at radius 2 is 1.65 bits per heavy atom. The SMILES string of the molecule is CCOc1cc(/C=C2\C(=O)NC(=O)N(c3ccc(OC)cc3)C2=O)cc(I)c1Cc1cc(C)cc(C)c1. The predicted octanol–water partition coefficient (Wildman–Crippen LogP) is 5.57. The number of nitrogens with zero attached hydrogens (tertiary/aromatic N) is 1. The maximum atomic E-state index is 13.3. The summed E-state index contributed by atoms with van der Waals surface area (Å²) in [6.07, 6.45) is 2.18. The van der Waals surface area contributed by atoms with Crippen molar-refractivity contribution in [1.29, 1.82) is 0 Å². The average Bonchev–Trinajstić information content (AvgIpc) is 2.84. The normalized spacial score (nSPS) is 14.7. The van der Waals surface area contributed by atoms with Crippen LogP contribution in [0.4, 0.5) is 10.5 Å². The molecule has 0 atom stereocenters. The summed E-state index contributed by atoms with van der Waals surface area (Å²) in [7, 11) is 1.53. The van der Waals surface area contributed by atoms with Gasteiger partial charge in [-0.2, -0.15) is 0 Å². The number of benzene rings is 3. The summed E-state index contributed by atoms with van der Waals surface area (Å²) in [6, 6.07) is 15.8. The molecule has 0 radical (unpaired) electrons. The third kappa shape index (κ3) is 5.85. The average molecular weight is 610 g/mol. The van der Waals surface area contributed by atoms with Crippen molar-refractivity contribution in [3.63, 3.8) is 0 Å². The molecule has 1 saturated heterocycles. The van der Waals surface area contributed by atoms with Gasteiger partial charge in [0, 0.05) is 15.6 Å². The van der Waals surface area contributed by atoms with Gasteiger partial charge in [0.05, 0.1) is 19.4 Å². The number of barbiturate groups is 1. The maximum Gasteiger partial charge on any atom is 0.335 e. The molecule has 0 spiro atoms. The molecular weight excluding hydrogens is 583 g/mol. The van der Waals surface area contributed by atoms with Gasteiger partial charge in [-0.25, -0.2) is 9.69 Å². The van der Waals surface area contributed by atoms with E-state index in [2.05, 4.69) is 60.0 Å². The highest BCUT2D eigenvalue weighted by atomic mass is 127. The molecule has 7 nitrogen and oxygen atoms in total.